The number of nitrogens with one attached hydrogen (secondary N) is 2. The van der Waals surface area contributed by atoms with E-state index in [2.05, 4.69) is 20.8 Å². The van der Waals surface area contributed by atoms with Gasteiger partial charge in [0.05, 0.1) is 24.1 Å². The van der Waals surface area contributed by atoms with Crippen molar-refractivity contribution in [2.75, 3.05) is 17.7 Å². The van der Waals surface area contributed by atoms with Gasteiger partial charge in [-0.05, 0) is 31.5 Å². The van der Waals surface area contributed by atoms with Gasteiger partial charge in [0.25, 0.3) is 0 Å². The van der Waals surface area contributed by atoms with Gasteiger partial charge in [0.1, 0.15) is 5.75 Å². The number of para-hydroxylation sites is 2. The van der Waals surface area contributed by atoms with Crippen LogP contribution in [-0.4, -0.2) is 28.5 Å². The van der Waals surface area contributed by atoms with Gasteiger partial charge < -0.3 is 15.4 Å². The van der Waals surface area contributed by atoms with Gasteiger partial charge in [-0.15, -0.1) is 10.2 Å². The highest BCUT2D eigenvalue weighted by atomic mass is 32.2. The van der Waals surface area contributed by atoms with Crippen LogP contribution in [0.25, 0.3) is 0 Å². The first-order valence-electron chi connectivity index (χ1n) is 8.95. The number of rotatable bonds is 9. The van der Waals surface area contributed by atoms with E-state index >= 15 is 0 Å². The van der Waals surface area contributed by atoms with Gasteiger partial charge in [0.15, 0.2) is 4.34 Å². The molecule has 0 aliphatic heterocycles. The van der Waals surface area contributed by atoms with Gasteiger partial charge in [-0.1, -0.05) is 65.6 Å². The van der Waals surface area contributed by atoms with Crippen LogP contribution < -0.4 is 15.4 Å². The average molecular weight is 415 g/mol. The van der Waals surface area contributed by atoms with Crippen molar-refractivity contribution in [1.29, 1.82) is 0 Å². The minimum absolute atomic E-state index is 0.0315. The Morgan fingerprint density at radius 2 is 1.89 bits per heavy atom. The molecule has 2 aromatic carbocycles. The summed E-state index contributed by atoms with van der Waals surface area (Å²) in [5.41, 5.74) is 1.92. The maximum atomic E-state index is 12.2. The van der Waals surface area contributed by atoms with E-state index in [-0.39, 0.29) is 11.9 Å². The van der Waals surface area contributed by atoms with Crippen LogP contribution in [0.3, 0.4) is 0 Å². The number of hydrogen-bond donors (Lipinski definition) is 2. The molecule has 0 radical (unpaired) electrons. The minimum atomic E-state index is -0.0345. The second kappa shape index (κ2) is 10.1. The van der Waals surface area contributed by atoms with Crippen LogP contribution in [0.15, 0.2) is 58.9 Å². The fourth-order valence-corrected chi connectivity index (χ4v) is 4.10. The molecule has 0 aliphatic carbocycles. The number of thioether (sulfide) groups is 1. The molecular weight excluding hydrogens is 392 g/mol. The molecular formula is C20H22N4O2S2. The highest BCUT2D eigenvalue weighted by Crippen LogP contribution is 2.31. The van der Waals surface area contributed by atoms with Gasteiger partial charge in [0.2, 0.25) is 11.0 Å². The summed E-state index contributed by atoms with van der Waals surface area (Å²) in [4.78, 5) is 12.2. The zero-order chi connectivity index (χ0) is 19.8. The van der Waals surface area contributed by atoms with E-state index in [0.717, 1.165) is 21.3 Å². The van der Waals surface area contributed by atoms with Gasteiger partial charge in [-0.2, -0.15) is 0 Å². The minimum Gasteiger partial charge on any atom is -0.492 e. The second-order valence-electron chi connectivity index (χ2n) is 5.92. The molecule has 6 nitrogen and oxygen atoms in total. The summed E-state index contributed by atoms with van der Waals surface area (Å²) >= 11 is 2.78. The number of amides is 1. The van der Waals surface area contributed by atoms with Gasteiger partial charge in [-0.3, -0.25) is 4.79 Å². The lowest BCUT2D eigenvalue weighted by atomic mass is 10.1. The van der Waals surface area contributed by atoms with Crippen molar-refractivity contribution >= 4 is 39.8 Å². The highest BCUT2D eigenvalue weighted by molar-refractivity contribution is 8.01. The summed E-state index contributed by atoms with van der Waals surface area (Å²) in [6.07, 6.45) is 0. The van der Waals surface area contributed by atoms with Gasteiger partial charge in [0, 0.05) is 0 Å². The lowest BCUT2D eigenvalue weighted by molar-refractivity contribution is -0.119. The molecule has 3 aromatic rings. The molecule has 0 bridgehead atoms. The first-order valence-corrected chi connectivity index (χ1v) is 10.8. The number of nitrogens with zero attached hydrogens (tertiary/aromatic N) is 2. The van der Waals surface area contributed by atoms with E-state index in [1.165, 1.54) is 23.1 Å². The van der Waals surface area contributed by atoms with Crippen LogP contribution in [-0.2, 0) is 4.79 Å². The van der Waals surface area contributed by atoms with Gasteiger partial charge in [-0.25, -0.2) is 0 Å². The maximum absolute atomic E-state index is 12.2. The Hall–Kier alpha value is -2.58. The van der Waals surface area contributed by atoms with Crippen LogP contribution in [0, 0.1) is 0 Å². The fourth-order valence-electron chi connectivity index (χ4n) is 2.52. The molecule has 0 saturated carbocycles. The van der Waals surface area contributed by atoms with Crippen molar-refractivity contribution in [2.45, 2.75) is 24.2 Å². The van der Waals surface area contributed by atoms with Crippen molar-refractivity contribution in [3.05, 3.63) is 60.2 Å². The van der Waals surface area contributed by atoms with E-state index in [1.807, 2.05) is 68.4 Å². The Morgan fingerprint density at radius 3 is 2.68 bits per heavy atom. The summed E-state index contributed by atoms with van der Waals surface area (Å²) in [6, 6.07) is 17.5. The highest BCUT2D eigenvalue weighted by Gasteiger charge is 2.12. The standard InChI is InChI=1S/C20H22N4O2S2/c1-3-26-17-12-8-7-11-16(17)22-19-23-24-20(28-19)27-13-18(25)21-14(2)15-9-5-4-6-10-15/h4-12,14H,3,13H2,1-2H3,(H,21,25)(H,22,23). The summed E-state index contributed by atoms with van der Waals surface area (Å²) in [6.45, 7) is 4.51. The number of carbonyl (C=O) groups excluding carboxylic acids is 1. The normalized spacial score (nSPS) is 11.6. The number of carbonyl (C=O) groups is 1. The Kier molecular flexibility index (Phi) is 7.27. The summed E-state index contributed by atoms with van der Waals surface area (Å²) in [7, 11) is 0. The Morgan fingerprint density at radius 1 is 1.14 bits per heavy atom. The Bertz CT molecular complexity index is 902. The molecule has 0 spiro atoms. The summed E-state index contributed by atoms with van der Waals surface area (Å²) < 4.78 is 6.34. The quantitative estimate of drug-likeness (QED) is 0.497. The third kappa shape index (κ3) is 5.71. The number of ether oxygens (including phenoxy) is 1. The first kappa shape index (κ1) is 20.2. The van der Waals surface area contributed by atoms with Crippen LogP contribution in [0.4, 0.5) is 10.8 Å². The third-order valence-corrected chi connectivity index (χ3v) is 5.81. The fraction of sp³-hybridized carbons (Fsp3) is 0.250. The molecule has 1 heterocycles. The smallest absolute Gasteiger partial charge is 0.230 e. The van der Waals surface area contributed by atoms with Crippen molar-refractivity contribution in [1.82, 2.24) is 15.5 Å². The SMILES string of the molecule is CCOc1ccccc1Nc1nnc(SCC(=O)NC(C)c2ccccc2)s1. The third-order valence-electron chi connectivity index (χ3n) is 3.84. The number of benzene rings is 2. The molecule has 1 aromatic heterocycles. The zero-order valence-electron chi connectivity index (χ0n) is 15.7. The monoisotopic (exact) mass is 414 g/mol. The number of anilines is 2. The molecule has 3 rings (SSSR count). The Labute approximate surface area is 172 Å². The molecule has 1 amide bonds. The van der Waals surface area contributed by atoms with Crippen LogP contribution in [0.2, 0.25) is 0 Å². The zero-order valence-corrected chi connectivity index (χ0v) is 17.3. The predicted molar refractivity (Wildman–Crippen MR) is 115 cm³/mol. The molecule has 146 valence electrons. The van der Waals surface area contributed by atoms with Crippen LogP contribution >= 0.6 is 23.1 Å². The lowest BCUT2D eigenvalue weighted by Gasteiger charge is -2.13. The van der Waals surface area contributed by atoms with Crippen LogP contribution in [0.5, 0.6) is 5.75 Å². The molecule has 28 heavy (non-hydrogen) atoms. The Balaban J connectivity index is 1.51. The van der Waals surface area contributed by atoms with Crippen molar-refractivity contribution in [2.24, 2.45) is 0 Å². The van der Waals surface area contributed by atoms with Crippen molar-refractivity contribution in [3.63, 3.8) is 0 Å². The molecule has 2 N–H and O–H groups in total. The molecule has 1 unspecified atom stereocenters. The second-order valence-corrected chi connectivity index (χ2v) is 8.12. The van der Waals surface area contributed by atoms with Crippen molar-refractivity contribution in [3.8, 4) is 5.75 Å². The average Bonchev–Trinajstić information content (AvgIpc) is 3.16. The molecule has 0 aliphatic rings. The summed E-state index contributed by atoms with van der Waals surface area (Å²) in [5.74, 6) is 1.03. The first-order chi connectivity index (χ1) is 13.7. The van der Waals surface area contributed by atoms with E-state index in [9.17, 15) is 4.79 Å². The van der Waals surface area contributed by atoms with E-state index in [4.69, 9.17) is 4.74 Å². The van der Waals surface area contributed by atoms with E-state index < -0.39 is 0 Å². The molecule has 8 heteroatoms. The molecule has 0 fully saturated rings. The summed E-state index contributed by atoms with van der Waals surface area (Å²) in [5, 5.41) is 15.2. The largest absolute Gasteiger partial charge is 0.492 e. The predicted octanol–water partition coefficient (Wildman–Crippen LogP) is 4.65. The maximum Gasteiger partial charge on any atom is 0.230 e. The number of aromatic nitrogens is 2. The topological polar surface area (TPSA) is 76.1 Å². The van der Waals surface area contributed by atoms with E-state index in [0.29, 0.717) is 17.5 Å². The molecule has 0 saturated heterocycles. The van der Waals surface area contributed by atoms with E-state index in [1.54, 1.807) is 0 Å². The van der Waals surface area contributed by atoms with Crippen molar-refractivity contribution < 1.29 is 9.53 Å². The van der Waals surface area contributed by atoms with Gasteiger partial charge >= 0.3 is 0 Å². The molecule has 1 atom stereocenters. The van der Waals surface area contributed by atoms with Crippen LogP contribution in [0.1, 0.15) is 25.5 Å². The lowest BCUT2D eigenvalue weighted by Crippen LogP contribution is -2.28. The number of hydrogen-bond acceptors (Lipinski definition) is 7.